The zero-order valence-corrected chi connectivity index (χ0v) is 14.2. The molecule has 0 radical (unpaired) electrons. The molecular formula is C13H24N6O6. The number of rotatable bonds is 7. The van der Waals surface area contributed by atoms with Gasteiger partial charge in [0.15, 0.2) is 11.9 Å². The molecule has 12 nitrogen and oxygen atoms in total. The minimum absolute atomic E-state index is 0.0819. The molecule has 0 aromatic carbocycles. The first-order valence-electron chi connectivity index (χ1n) is 7.37. The number of hydrogen-bond acceptors (Lipinski definition) is 8. The molecule has 0 aliphatic rings. The highest BCUT2D eigenvalue weighted by Crippen LogP contribution is 2.09. The molecule has 1 heterocycles. The number of hydrogen-bond donors (Lipinski definition) is 6. The highest BCUT2D eigenvalue weighted by atomic mass is 16.5. The van der Waals surface area contributed by atoms with Gasteiger partial charge in [-0.2, -0.15) is 4.98 Å². The molecule has 0 aliphatic heterocycles. The van der Waals surface area contributed by atoms with Crippen molar-refractivity contribution in [2.24, 2.45) is 11.5 Å². The van der Waals surface area contributed by atoms with Crippen LogP contribution in [0.5, 0.6) is 0 Å². The van der Waals surface area contributed by atoms with E-state index in [1.54, 1.807) is 0 Å². The van der Waals surface area contributed by atoms with Gasteiger partial charge in [-0.15, -0.1) is 0 Å². The van der Waals surface area contributed by atoms with Crippen molar-refractivity contribution < 1.29 is 29.1 Å². The van der Waals surface area contributed by atoms with Gasteiger partial charge < -0.3 is 36.8 Å². The number of aromatic nitrogens is 2. The standard InChI is InChI=1S/C11H19N5O5.C2H5NO/c1-3-6(12)9-14-7(21-16-9)4-13-11(20)15-8(5(2)17)10(18)19;1-2(3)4/h5-6,8,17H,3-4,12H2,1-2H3,(H,18,19)(H2,13,15,20);1H3,(H2,3,4). The number of nitrogens with two attached hydrogens (primary N) is 2. The molecular weight excluding hydrogens is 336 g/mol. The zero-order chi connectivity index (χ0) is 19.6. The van der Waals surface area contributed by atoms with E-state index in [1.165, 1.54) is 13.8 Å². The second-order valence-electron chi connectivity index (χ2n) is 5.06. The first kappa shape index (κ1) is 22.3. The Kier molecular flexibility index (Phi) is 9.74. The number of aliphatic hydroxyl groups is 1. The Balaban J connectivity index is 0.00000129. The van der Waals surface area contributed by atoms with Crippen LogP contribution in [0, 0.1) is 0 Å². The highest BCUT2D eigenvalue weighted by Gasteiger charge is 2.25. The third-order valence-electron chi connectivity index (χ3n) is 2.69. The third-order valence-corrected chi connectivity index (χ3v) is 2.69. The van der Waals surface area contributed by atoms with Crippen LogP contribution in [0.3, 0.4) is 0 Å². The summed E-state index contributed by atoms with van der Waals surface area (Å²) in [6.07, 6.45) is -0.590. The molecule has 1 rings (SSSR count). The molecule has 3 amide bonds. The first-order valence-corrected chi connectivity index (χ1v) is 7.37. The number of aliphatic hydroxyl groups excluding tert-OH is 1. The van der Waals surface area contributed by atoms with Crippen LogP contribution in [0.15, 0.2) is 4.52 Å². The number of urea groups is 1. The average molecular weight is 360 g/mol. The summed E-state index contributed by atoms with van der Waals surface area (Å²) in [6, 6.07) is -2.53. The summed E-state index contributed by atoms with van der Waals surface area (Å²) in [6.45, 7) is 4.35. The maximum absolute atomic E-state index is 11.5. The highest BCUT2D eigenvalue weighted by molar-refractivity contribution is 5.82. The van der Waals surface area contributed by atoms with Crippen molar-refractivity contribution in [2.45, 2.75) is 51.9 Å². The van der Waals surface area contributed by atoms with Crippen LogP contribution in [0.2, 0.25) is 0 Å². The number of nitrogens with one attached hydrogen (secondary N) is 2. The molecule has 12 heteroatoms. The van der Waals surface area contributed by atoms with Crippen molar-refractivity contribution in [3.8, 4) is 0 Å². The SMILES string of the molecule is CC(N)=O.CCC(N)c1noc(CNC(=O)NC(C(=O)O)C(C)O)n1. The van der Waals surface area contributed by atoms with Gasteiger partial charge in [0.05, 0.1) is 18.7 Å². The number of carbonyl (C=O) groups excluding carboxylic acids is 2. The second-order valence-corrected chi connectivity index (χ2v) is 5.06. The van der Waals surface area contributed by atoms with E-state index >= 15 is 0 Å². The first-order chi connectivity index (χ1) is 11.6. The van der Waals surface area contributed by atoms with Crippen molar-refractivity contribution in [1.82, 2.24) is 20.8 Å². The Morgan fingerprint density at radius 1 is 1.36 bits per heavy atom. The molecule has 1 aromatic rings. The van der Waals surface area contributed by atoms with Gasteiger partial charge in [0.1, 0.15) is 0 Å². The summed E-state index contributed by atoms with van der Waals surface area (Å²) in [5.74, 6) is -1.19. The molecule has 0 saturated heterocycles. The minimum Gasteiger partial charge on any atom is -0.480 e. The predicted molar refractivity (Wildman–Crippen MR) is 84.9 cm³/mol. The molecule has 0 bridgehead atoms. The Labute approximate surface area is 143 Å². The van der Waals surface area contributed by atoms with Crippen LogP contribution in [0.1, 0.15) is 44.9 Å². The van der Waals surface area contributed by atoms with Crippen LogP contribution in [-0.4, -0.2) is 50.4 Å². The van der Waals surface area contributed by atoms with E-state index in [9.17, 15) is 19.5 Å². The smallest absolute Gasteiger partial charge is 0.328 e. The zero-order valence-electron chi connectivity index (χ0n) is 14.2. The predicted octanol–water partition coefficient (Wildman–Crippen LogP) is -1.40. The maximum Gasteiger partial charge on any atom is 0.328 e. The fourth-order valence-electron chi connectivity index (χ4n) is 1.41. The lowest BCUT2D eigenvalue weighted by molar-refractivity contribution is -0.141. The Morgan fingerprint density at radius 2 is 1.92 bits per heavy atom. The van der Waals surface area contributed by atoms with E-state index in [-0.39, 0.29) is 24.4 Å². The second kappa shape index (κ2) is 10.9. The quantitative estimate of drug-likeness (QED) is 0.337. The molecule has 25 heavy (non-hydrogen) atoms. The molecule has 0 fully saturated rings. The lowest BCUT2D eigenvalue weighted by atomic mass is 10.2. The van der Waals surface area contributed by atoms with Gasteiger partial charge in [0, 0.05) is 6.92 Å². The summed E-state index contributed by atoms with van der Waals surface area (Å²) < 4.78 is 4.89. The average Bonchev–Trinajstić information content (AvgIpc) is 2.97. The molecule has 1 aromatic heterocycles. The van der Waals surface area contributed by atoms with E-state index in [0.29, 0.717) is 12.2 Å². The van der Waals surface area contributed by atoms with Crippen molar-refractivity contribution in [2.75, 3.05) is 0 Å². The molecule has 0 saturated carbocycles. The largest absolute Gasteiger partial charge is 0.480 e. The van der Waals surface area contributed by atoms with Gasteiger partial charge in [-0.3, -0.25) is 4.79 Å². The lowest BCUT2D eigenvalue weighted by Gasteiger charge is -2.16. The number of carboxylic acid groups (broad SMARTS) is 1. The fraction of sp³-hybridized carbons (Fsp3) is 0.615. The topological polar surface area (TPSA) is 207 Å². The maximum atomic E-state index is 11.5. The Morgan fingerprint density at radius 3 is 2.36 bits per heavy atom. The summed E-state index contributed by atoms with van der Waals surface area (Å²) in [5, 5.41) is 26.2. The van der Waals surface area contributed by atoms with Crippen molar-refractivity contribution in [3.05, 3.63) is 11.7 Å². The van der Waals surface area contributed by atoms with Gasteiger partial charge >= 0.3 is 12.0 Å². The number of aliphatic carboxylic acids is 1. The summed E-state index contributed by atoms with van der Waals surface area (Å²) >= 11 is 0. The molecule has 8 N–H and O–H groups in total. The van der Waals surface area contributed by atoms with Crippen LogP contribution >= 0.6 is 0 Å². The van der Waals surface area contributed by atoms with E-state index in [1.807, 2.05) is 6.92 Å². The number of nitrogens with zero attached hydrogens (tertiary/aromatic N) is 2. The number of carbonyl (C=O) groups is 3. The van der Waals surface area contributed by atoms with Crippen molar-refractivity contribution in [1.29, 1.82) is 0 Å². The van der Waals surface area contributed by atoms with Gasteiger partial charge in [-0.1, -0.05) is 12.1 Å². The number of carboxylic acids is 1. The Hall–Kier alpha value is -2.73. The molecule has 142 valence electrons. The van der Waals surface area contributed by atoms with Crippen LogP contribution in [0.25, 0.3) is 0 Å². The number of amides is 3. The van der Waals surface area contributed by atoms with Crippen LogP contribution < -0.4 is 22.1 Å². The normalized spacial score (nSPS) is 13.6. The van der Waals surface area contributed by atoms with Gasteiger partial charge in [-0.05, 0) is 13.3 Å². The van der Waals surface area contributed by atoms with Crippen LogP contribution in [0.4, 0.5) is 4.79 Å². The van der Waals surface area contributed by atoms with Crippen molar-refractivity contribution >= 4 is 17.9 Å². The molecule has 3 unspecified atom stereocenters. The van der Waals surface area contributed by atoms with E-state index in [2.05, 4.69) is 26.5 Å². The van der Waals surface area contributed by atoms with Gasteiger partial charge in [0.25, 0.3) is 0 Å². The molecule has 0 aliphatic carbocycles. The minimum atomic E-state index is -1.41. The molecule has 0 spiro atoms. The lowest BCUT2D eigenvalue weighted by Crippen LogP contribution is -2.51. The van der Waals surface area contributed by atoms with E-state index in [4.69, 9.17) is 15.4 Å². The Bertz CT molecular complexity index is 571. The van der Waals surface area contributed by atoms with Crippen LogP contribution in [-0.2, 0) is 16.1 Å². The van der Waals surface area contributed by atoms with E-state index in [0.717, 1.165) is 0 Å². The van der Waals surface area contributed by atoms with Crippen molar-refractivity contribution in [3.63, 3.8) is 0 Å². The fourth-order valence-corrected chi connectivity index (χ4v) is 1.41. The van der Waals surface area contributed by atoms with E-state index < -0.39 is 24.1 Å². The molecule has 3 atom stereocenters. The number of primary amides is 1. The van der Waals surface area contributed by atoms with Gasteiger partial charge in [0.2, 0.25) is 11.8 Å². The summed E-state index contributed by atoms with van der Waals surface area (Å²) in [7, 11) is 0. The monoisotopic (exact) mass is 360 g/mol. The third kappa shape index (κ3) is 9.22. The summed E-state index contributed by atoms with van der Waals surface area (Å²) in [4.78, 5) is 35.5. The van der Waals surface area contributed by atoms with Gasteiger partial charge in [-0.25, -0.2) is 9.59 Å². The summed E-state index contributed by atoms with van der Waals surface area (Å²) in [5.41, 5.74) is 10.2.